The molecule has 2 fully saturated rings. The Morgan fingerprint density at radius 1 is 1.21 bits per heavy atom. The van der Waals surface area contributed by atoms with Gasteiger partial charge in [0, 0.05) is 29.4 Å². The number of sulfone groups is 1. The maximum Gasteiger partial charge on any atom is 0.319 e. The van der Waals surface area contributed by atoms with Gasteiger partial charge in [0.25, 0.3) is 0 Å². The number of carbonyl (C=O) groups excluding carboxylic acids is 1. The smallest absolute Gasteiger partial charge is 0.319 e. The van der Waals surface area contributed by atoms with Crippen LogP contribution in [0, 0.1) is 0 Å². The molecule has 1 aromatic heterocycles. The van der Waals surface area contributed by atoms with Crippen LogP contribution in [0.4, 0.5) is 16.3 Å². The fourth-order valence-electron chi connectivity index (χ4n) is 4.54. The molecule has 2 aromatic rings. The van der Waals surface area contributed by atoms with Crippen molar-refractivity contribution < 1.29 is 17.9 Å². The first-order valence-electron chi connectivity index (χ1n) is 11.5. The van der Waals surface area contributed by atoms with Crippen molar-refractivity contribution in [2.75, 3.05) is 30.0 Å². The number of aromatic nitrogens is 2. The largest absolute Gasteiger partial charge is 0.377 e. The third-order valence-electron chi connectivity index (χ3n) is 6.42. The Hall–Kier alpha value is -2.72. The maximum absolute atomic E-state index is 12.9. The summed E-state index contributed by atoms with van der Waals surface area (Å²) in [6.45, 7) is 5.75. The van der Waals surface area contributed by atoms with E-state index in [1.54, 1.807) is 12.1 Å². The molecule has 2 amide bonds. The summed E-state index contributed by atoms with van der Waals surface area (Å²) in [5.41, 5.74) is 2.77. The second kappa shape index (κ2) is 8.57. The topological polar surface area (TPSA) is 114 Å². The molecule has 0 bridgehead atoms. The van der Waals surface area contributed by atoms with Gasteiger partial charge in [0.05, 0.1) is 36.0 Å². The number of fused-ring (bicyclic) bond motifs is 1. The minimum Gasteiger partial charge on any atom is -0.377 e. The predicted molar refractivity (Wildman–Crippen MR) is 126 cm³/mol. The number of rotatable bonds is 5. The van der Waals surface area contributed by atoms with Crippen molar-refractivity contribution in [3.05, 3.63) is 35.5 Å². The van der Waals surface area contributed by atoms with Gasteiger partial charge in [0.2, 0.25) is 0 Å². The van der Waals surface area contributed by atoms with Crippen LogP contribution in [0.2, 0.25) is 0 Å². The van der Waals surface area contributed by atoms with Crippen LogP contribution in [-0.4, -0.2) is 56.3 Å². The number of nitrogens with zero attached hydrogens (tertiary/aromatic N) is 3. The SMILES string of the molecule is CCC1c2c(nc(-c3ccc(NC(=O)NC4CC4)cc3)nc2N2CCOC[C@@H]2C)CS1(=O)=O. The molecule has 2 N–H and O–H groups in total. The van der Waals surface area contributed by atoms with Crippen molar-refractivity contribution in [1.29, 1.82) is 0 Å². The molecule has 0 radical (unpaired) electrons. The Morgan fingerprint density at radius 3 is 2.64 bits per heavy atom. The zero-order valence-electron chi connectivity index (χ0n) is 18.9. The summed E-state index contributed by atoms with van der Waals surface area (Å²) in [4.78, 5) is 23.7. The molecule has 1 saturated carbocycles. The third kappa shape index (κ3) is 4.41. The highest BCUT2D eigenvalue weighted by molar-refractivity contribution is 7.91. The van der Waals surface area contributed by atoms with Gasteiger partial charge < -0.3 is 20.3 Å². The van der Waals surface area contributed by atoms with E-state index in [1.165, 1.54) is 0 Å². The molecule has 1 unspecified atom stereocenters. The number of carbonyl (C=O) groups is 1. The minimum atomic E-state index is -3.31. The number of benzene rings is 1. The highest BCUT2D eigenvalue weighted by Crippen LogP contribution is 2.44. The molecular formula is C23H29N5O4S. The first kappa shape index (κ1) is 22.1. The van der Waals surface area contributed by atoms with Gasteiger partial charge in [-0.25, -0.2) is 23.2 Å². The van der Waals surface area contributed by atoms with E-state index in [4.69, 9.17) is 9.72 Å². The summed E-state index contributed by atoms with van der Waals surface area (Å²) in [5, 5.41) is 5.15. The standard InChI is InChI=1S/C23H29N5O4S/c1-3-19-20-18(13-33(19,30)31)26-21(27-22(20)28-10-11-32-12-14(28)2)15-4-6-16(7-5-15)24-23(29)25-17-8-9-17/h4-7,14,17,19H,3,8-13H2,1-2H3,(H2,24,25,29)/t14-,19?/m0/s1. The highest BCUT2D eigenvalue weighted by atomic mass is 32.2. The van der Waals surface area contributed by atoms with Crippen LogP contribution in [0.5, 0.6) is 0 Å². The molecule has 0 spiro atoms. The molecule has 10 heteroatoms. The first-order chi connectivity index (χ1) is 15.9. The van der Waals surface area contributed by atoms with Gasteiger partial charge in [-0.1, -0.05) is 6.92 Å². The number of morpholine rings is 1. The highest BCUT2D eigenvalue weighted by Gasteiger charge is 2.41. The summed E-state index contributed by atoms with van der Waals surface area (Å²) in [6.07, 6.45) is 2.55. The van der Waals surface area contributed by atoms with Crippen LogP contribution in [0.1, 0.15) is 49.6 Å². The van der Waals surface area contributed by atoms with Crippen molar-refractivity contribution in [2.24, 2.45) is 0 Å². The van der Waals surface area contributed by atoms with Crippen LogP contribution in [-0.2, 0) is 20.3 Å². The average Bonchev–Trinajstić information content (AvgIpc) is 3.54. The van der Waals surface area contributed by atoms with Gasteiger partial charge in [-0.2, -0.15) is 0 Å². The lowest BCUT2D eigenvalue weighted by molar-refractivity contribution is 0.0984. The number of urea groups is 1. The summed E-state index contributed by atoms with van der Waals surface area (Å²) < 4.78 is 31.4. The number of hydrogen-bond donors (Lipinski definition) is 2. The molecule has 2 atom stereocenters. The Morgan fingerprint density at radius 2 is 1.97 bits per heavy atom. The van der Waals surface area contributed by atoms with Gasteiger partial charge in [-0.05, 0) is 50.5 Å². The van der Waals surface area contributed by atoms with E-state index >= 15 is 0 Å². The molecule has 1 aromatic carbocycles. The molecule has 5 rings (SSSR count). The maximum atomic E-state index is 12.9. The van der Waals surface area contributed by atoms with E-state index in [0.29, 0.717) is 49.2 Å². The quantitative estimate of drug-likeness (QED) is 0.689. The number of ether oxygens (including phenoxy) is 1. The van der Waals surface area contributed by atoms with Crippen LogP contribution >= 0.6 is 0 Å². The van der Waals surface area contributed by atoms with Crippen molar-refractivity contribution in [2.45, 2.75) is 56.2 Å². The van der Waals surface area contributed by atoms with Crippen molar-refractivity contribution >= 4 is 27.4 Å². The number of hydrogen-bond acceptors (Lipinski definition) is 7. The van der Waals surface area contributed by atoms with Gasteiger partial charge in [0.15, 0.2) is 15.7 Å². The molecule has 3 aliphatic rings. The zero-order chi connectivity index (χ0) is 23.2. The van der Waals surface area contributed by atoms with Crippen molar-refractivity contribution in [1.82, 2.24) is 15.3 Å². The fourth-order valence-corrected chi connectivity index (χ4v) is 6.45. The Bertz CT molecular complexity index is 1160. The van der Waals surface area contributed by atoms with E-state index in [9.17, 15) is 13.2 Å². The van der Waals surface area contributed by atoms with Gasteiger partial charge in [-0.15, -0.1) is 0 Å². The Balaban J connectivity index is 1.49. The lowest BCUT2D eigenvalue weighted by Crippen LogP contribution is -2.44. The van der Waals surface area contributed by atoms with Crippen LogP contribution < -0.4 is 15.5 Å². The Kier molecular flexibility index (Phi) is 5.74. The number of anilines is 2. The van der Waals surface area contributed by atoms with Gasteiger partial charge >= 0.3 is 6.03 Å². The predicted octanol–water partition coefficient (Wildman–Crippen LogP) is 3.03. The zero-order valence-corrected chi connectivity index (χ0v) is 19.7. The summed E-state index contributed by atoms with van der Waals surface area (Å²) in [6, 6.07) is 7.47. The molecule has 33 heavy (non-hydrogen) atoms. The van der Waals surface area contributed by atoms with E-state index in [2.05, 4.69) is 27.4 Å². The van der Waals surface area contributed by atoms with Gasteiger partial charge in [0.1, 0.15) is 5.82 Å². The number of nitrogens with one attached hydrogen (secondary N) is 2. The molecule has 1 saturated heterocycles. The molecule has 2 aliphatic heterocycles. The molecule has 1 aliphatic carbocycles. The monoisotopic (exact) mass is 471 g/mol. The summed E-state index contributed by atoms with van der Waals surface area (Å²) >= 11 is 0. The van der Waals surface area contributed by atoms with Crippen LogP contribution in [0.3, 0.4) is 0 Å². The second-order valence-electron chi connectivity index (χ2n) is 9.00. The molecule has 3 heterocycles. The fraction of sp³-hybridized carbons (Fsp3) is 0.522. The molecule has 9 nitrogen and oxygen atoms in total. The summed E-state index contributed by atoms with van der Waals surface area (Å²) in [7, 11) is -3.31. The van der Waals surface area contributed by atoms with E-state index in [0.717, 1.165) is 24.0 Å². The van der Waals surface area contributed by atoms with Gasteiger partial charge in [-0.3, -0.25) is 0 Å². The van der Waals surface area contributed by atoms with Crippen LogP contribution in [0.15, 0.2) is 24.3 Å². The first-order valence-corrected chi connectivity index (χ1v) is 13.2. The van der Waals surface area contributed by atoms with E-state index in [1.807, 2.05) is 19.1 Å². The van der Waals surface area contributed by atoms with Crippen molar-refractivity contribution in [3.8, 4) is 11.4 Å². The molecular weight excluding hydrogens is 442 g/mol. The average molecular weight is 472 g/mol. The second-order valence-corrected chi connectivity index (χ2v) is 11.2. The van der Waals surface area contributed by atoms with Crippen molar-refractivity contribution in [3.63, 3.8) is 0 Å². The van der Waals surface area contributed by atoms with E-state index in [-0.39, 0.29) is 23.9 Å². The minimum absolute atomic E-state index is 0.0664. The Labute approximate surface area is 193 Å². The van der Waals surface area contributed by atoms with E-state index < -0.39 is 15.1 Å². The summed E-state index contributed by atoms with van der Waals surface area (Å²) in [5.74, 6) is 1.12. The molecule has 176 valence electrons. The lowest BCUT2D eigenvalue weighted by Gasteiger charge is -2.36. The van der Waals surface area contributed by atoms with Crippen LogP contribution in [0.25, 0.3) is 11.4 Å². The third-order valence-corrected chi connectivity index (χ3v) is 8.53. The number of amides is 2. The normalized spacial score (nSPS) is 23.8. The lowest BCUT2D eigenvalue weighted by atomic mass is 10.1.